The Morgan fingerprint density at radius 3 is 2.87 bits per heavy atom. The van der Waals surface area contributed by atoms with Crippen molar-refractivity contribution in [3.8, 4) is 17.1 Å². The molecule has 0 atom stereocenters. The molecule has 0 fully saturated rings. The van der Waals surface area contributed by atoms with Crippen LogP contribution in [0.1, 0.15) is 30.3 Å². The molecule has 0 bridgehead atoms. The predicted molar refractivity (Wildman–Crippen MR) is 116 cm³/mol. The topological polar surface area (TPSA) is 97.7 Å². The van der Waals surface area contributed by atoms with E-state index in [9.17, 15) is 4.79 Å². The molecule has 4 aromatic rings. The summed E-state index contributed by atoms with van der Waals surface area (Å²) in [6, 6.07) is 12.8. The summed E-state index contributed by atoms with van der Waals surface area (Å²) < 4.78 is 7.64. The van der Waals surface area contributed by atoms with Crippen LogP contribution in [0, 0.1) is 0 Å². The van der Waals surface area contributed by atoms with E-state index in [0.717, 1.165) is 29.5 Å². The van der Waals surface area contributed by atoms with Gasteiger partial charge in [0, 0.05) is 29.1 Å². The number of halogens is 1. The van der Waals surface area contributed by atoms with Gasteiger partial charge in [-0.25, -0.2) is 0 Å². The van der Waals surface area contributed by atoms with Gasteiger partial charge in [0.05, 0.1) is 17.8 Å². The first-order valence-corrected chi connectivity index (χ1v) is 10.0. The number of carbonyl (C=O) groups is 1. The number of nitrogens with zero attached hydrogens (tertiary/aromatic N) is 4. The van der Waals surface area contributed by atoms with Crippen LogP contribution in [0.4, 0.5) is 5.69 Å². The predicted octanol–water partition coefficient (Wildman–Crippen LogP) is 4.44. The van der Waals surface area contributed by atoms with Crippen molar-refractivity contribution < 1.29 is 9.53 Å². The van der Waals surface area contributed by atoms with E-state index in [1.807, 2.05) is 35.9 Å². The standard InChI is InChI=1S/C21H21ClN6O2/c1-3-4-9-30-15-7-5-13-10-19(28(2)18(13)12-15)21(29)23-17-8-6-14(22)11-16(17)20-24-26-27-25-20/h5-8,10-12H,3-4,9H2,1-2H3,(H,23,29)(H,24,25,26,27). The highest BCUT2D eigenvalue weighted by Gasteiger charge is 2.17. The number of aromatic amines is 1. The maximum atomic E-state index is 13.0. The number of aromatic nitrogens is 5. The third-order valence-corrected chi connectivity index (χ3v) is 5.07. The van der Waals surface area contributed by atoms with Gasteiger partial charge in [-0.1, -0.05) is 24.9 Å². The molecule has 2 N–H and O–H groups in total. The molecule has 9 heteroatoms. The molecule has 0 unspecified atom stereocenters. The molecule has 0 saturated carbocycles. The van der Waals surface area contributed by atoms with Crippen molar-refractivity contribution in [2.24, 2.45) is 7.05 Å². The molecule has 4 rings (SSSR count). The summed E-state index contributed by atoms with van der Waals surface area (Å²) in [5, 5.41) is 18.3. The van der Waals surface area contributed by atoms with Gasteiger partial charge in [0.25, 0.3) is 5.91 Å². The van der Waals surface area contributed by atoms with Gasteiger partial charge >= 0.3 is 0 Å². The monoisotopic (exact) mass is 424 g/mol. The summed E-state index contributed by atoms with van der Waals surface area (Å²) in [5.74, 6) is 0.883. The molecule has 0 radical (unpaired) electrons. The minimum Gasteiger partial charge on any atom is -0.494 e. The number of carbonyl (C=O) groups excluding carboxylic acids is 1. The highest BCUT2D eigenvalue weighted by atomic mass is 35.5. The van der Waals surface area contributed by atoms with Crippen molar-refractivity contribution in [3.63, 3.8) is 0 Å². The Balaban J connectivity index is 1.62. The number of benzene rings is 2. The fourth-order valence-corrected chi connectivity index (χ4v) is 3.40. The first-order valence-electron chi connectivity index (χ1n) is 9.64. The zero-order chi connectivity index (χ0) is 21.1. The molecular weight excluding hydrogens is 404 g/mol. The van der Waals surface area contributed by atoms with E-state index < -0.39 is 0 Å². The number of aryl methyl sites for hydroxylation is 1. The summed E-state index contributed by atoms with van der Waals surface area (Å²) in [4.78, 5) is 13.0. The molecule has 2 heterocycles. The average molecular weight is 425 g/mol. The van der Waals surface area contributed by atoms with E-state index in [2.05, 4.69) is 32.9 Å². The van der Waals surface area contributed by atoms with Gasteiger partial charge in [-0.3, -0.25) is 4.79 Å². The van der Waals surface area contributed by atoms with Crippen LogP contribution in [-0.2, 0) is 7.05 Å². The van der Waals surface area contributed by atoms with E-state index in [1.54, 1.807) is 18.2 Å². The van der Waals surface area contributed by atoms with Crippen LogP contribution in [0.2, 0.25) is 5.02 Å². The molecule has 154 valence electrons. The summed E-state index contributed by atoms with van der Waals surface area (Å²) in [6.45, 7) is 2.80. The first-order chi connectivity index (χ1) is 14.6. The van der Waals surface area contributed by atoms with Gasteiger partial charge in [0.15, 0.2) is 0 Å². The Morgan fingerprint density at radius 2 is 2.10 bits per heavy atom. The van der Waals surface area contributed by atoms with E-state index >= 15 is 0 Å². The Kier molecular flexibility index (Phi) is 5.67. The summed E-state index contributed by atoms with van der Waals surface area (Å²) in [7, 11) is 1.86. The fourth-order valence-electron chi connectivity index (χ4n) is 3.22. The first kappa shape index (κ1) is 19.9. The number of anilines is 1. The van der Waals surface area contributed by atoms with Crippen LogP contribution in [0.15, 0.2) is 42.5 Å². The Morgan fingerprint density at radius 1 is 1.23 bits per heavy atom. The molecule has 2 aromatic heterocycles. The van der Waals surface area contributed by atoms with Gasteiger partial charge in [0.1, 0.15) is 11.4 Å². The molecule has 0 aliphatic carbocycles. The second-order valence-corrected chi connectivity index (χ2v) is 7.33. The smallest absolute Gasteiger partial charge is 0.272 e. The van der Waals surface area contributed by atoms with E-state index in [4.69, 9.17) is 16.3 Å². The van der Waals surface area contributed by atoms with Crippen molar-refractivity contribution in [2.45, 2.75) is 19.8 Å². The maximum Gasteiger partial charge on any atom is 0.272 e. The van der Waals surface area contributed by atoms with Crippen molar-refractivity contribution >= 4 is 34.1 Å². The number of amides is 1. The van der Waals surface area contributed by atoms with Gasteiger partial charge in [-0.2, -0.15) is 5.21 Å². The maximum absolute atomic E-state index is 13.0. The molecule has 2 aromatic carbocycles. The van der Waals surface area contributed by atoms with Crippen molar-refractivity contribution in [1.82, 2.24) is 25.2 Å². The lowest BCUT2D eigenvalue weighted by Gasteiger charge is -2.10. The second kappa shape index (κ2) is 8.54. The lowest BCUT2D eigenvalue weighted by molar-refractivity contribution is 0.102. The minimum atomic E-state index is -0.255. The number of fused-ring (bicyclic) bond motifs is 1. The van der Waals surface area contributed by atoms with Crippen molar-refractivity contribution in [3.05, 3.63) is 53.2 Å². The van der Waals surface area contributed by atoms with Crippen LogP contribution >= 0.6 is 11.6 Å². The molecule has 0 aliphatic heterocycles. The lowest BCUT2D eigenvalue weighted by atomic mass is 10.1. The van der Waals surface area contributed by atoms with Gasteiger partial charge in [-0.05, 0) is 48.0 Å². The molecular formula is C21H21ClN6O2. The van der Waals surface area contributed by atoms with Crippen LogP contribution in [0.3, 0.4) is 0 Å². The molecule has 8 nitrogen and oxygen atoms in total. The van der Waals surface area contributed by atoms with E-state index in [0.29, 0.717) is 34.4 Å². The second-order valence-electron chi connectivity index (χ2n) is 6.89. The summed E-state index contributed by atoms with van der Waals surface area (Å²) >= 11 is 6.11. The average Bonchev–Trinajstić information content (AvgIpc) is 3.38. The number of ether oxygens (including phenoxy) is 1. The number of hydrogen-bond acceptors (Lipinski definition) is 5. The minimum absolute atomic E-state index is 0.255. The molecule has 1 amide bonds. The third-order valence-electron chi connectivity index (χ3n) is 4.83. The van der Waals surface area contributed by atoms with Crippen LogP contribution in [-0.4, -0.2) is 37.7 Å². The summed E-state index contributed by atoms with van der Waals surface area (Å²) in [6.07, 6.45) is 2.08. The highest BCUT2D eigenvalue weighted by Crippen LogP contribution is 2.29. The fraction of sp³-hybridized carbons (Fsp3) is 0.238. The number of nitrogens with one attached hydrogen (secondary N) is 2. The van der Waals surface area contributed by atoms with Crippen molar-refractivity contribution in [2.75, 3.05) is 11.9 Å². The van der Waals surface area contributed by atoms with E-state index in [-0.39, 0.29) is 5.91 Å². The van der Waals surface area contributed by atoms with Crippen LogP contribution in [0.25, 0.3) is 22.3 Å². The molecule has 0 saturated heterocycles. The Labute approximate surface area is 178 Å². The number of H-pyrrole nitrogens is 1. The number of hydrogen-bond donors (Lipinski definition) is 2. The Hall–Kier alpha value is -3.39. The Bertz CT molecular complexity index is 1190. The lowest BCUT2D eigenvalue weighted by Crippen LogP contribution is -2.16. The van der Waals surface area contributed by atoms with E-state index in [1.165, 1.54) is 0 Å². The van der Waals surface area contributed by atoms with Crippen molar-refractivity contribution in [1.29, 1.82) is 0 Å². The zero-order valence-corrected chi connectivity index (χ0v) is 17.4. The zero-order valence-electron chi connectivity index (χ0n) is 16.6. The summed E-state index contributed by atoms with van der Waals surface area (Å²) in [5.41, 5.74) is 2.56. The quantitative estimate of drug-likeness (QED) is 0.427. The van der Waals surface area contributed by atoms with Gasteiger partial charge < -0.3 is 14.6 Å². The molecule has 0 aliphatic rings. The van der Waals surface area contributed by atoms with Gasteiger partial charge in [0.2, 0.25) is 5.82 Å². The molecule has 0 spiro atoms. The number of rotatable bonds is 7. The highest BCUT2D eigenvalue weighted by molar-refractivity contribution is 6.31. The number of tetrazole rings is 1. The normalized spacial score (nSPS) is 11.0. The largest absolute Gasteiger partial charge is 0.494 e. The third kappa shape index (κ3) is 3.99. The van der Waals surface area contributed by atoms with Gasteiger partial charge in [-0.15, -0.1) is 10.2 Å². The SMILES string of the molecule is CCCCOc1ccc2cc(C(=O)Nc3ccc(Cl)cc3-c3nn[nH]n3)n(C)c2c1. The molecule has 30 heavy (non-hydrogen) atoms. The van der Waals surface area contributed by atoms with Crippen LogP contribution in [0.5, 0.6) is 5.75 Å². The number of unbranched alkanes of at least 4 members (excludes halogenated alkanes) is 1. The van der Waals surface area contributed by atoms with Crippen LogP contribution < -0.4 is 10.1 Å².